The number of aromatic nitrogens is 1. The molecule has 0 aliphatic carbocycles. The van der Waals surface area contributed by atoms with E-state index in [1.165, 1.54) is 4.68 Å². The second kappa shape index (κ2) is 3.26. The topological polar surface area (TPSA) is 28.3 Å². The van der Waals surface area contributed by atoms with Gasteiger partial charge < -0.3 is 0 Å². The molecule has 0 fully saturated rings. The van der Waals surface area contributed by atoms with Gasteiger partial charge in [-0.2, -0.15) is 13.2 Å². The van der Waals surface area contributed by atoms with Gasteiger partial charge in [-0.1, -0.05) is 5.10 Å². The SMILES string of the molecule is C=[N+]1N=C(I)c2cc(C(F)(F)F)cnc21. The molecule has 0 saturated carbocycles. The van der Waals surface area contributed by atoms with E-state index < -0.39 is 11.7 Å². The van der Waals surface area contributed by atoms with Crippen molar-refractivity contribution in [2.45, 2.75) is 6.18 Å². The van der Waals surface area contributed by atoms with Gasteiger partial charge >= 0.3 is 12.0 Å². The second-order valence-corrected chi connectivity index (χ2v) is 3.91. The Morgan fingerprint density at radius 3 is 2.67 bits per heavy atom. The second-order valence-electron chi connectivity index (χ2n) is 2.88. The minimum atomic E-state index is -4.38. The molecule has 3 nitrogen and oxygen atoms in total. The highest BCUT2D eigenvalue weighted by Gasteiger charge is 2.36. The Morgan fingerprint density at radius 2 is 2.07 bits per heavy atom. The fourth-order valence-electron chi connectivity index (χ4n) is 1.18. The van der Waals surface area contributed by atoms with E-state index in [-0.39, 0.29) is 0 Å². The molecule has 1 aliphatic rings. The van der Waals surface area contributed by atoms with Gasteiger partial charge in [0.25, 0.3) is 0 Å². The molecular formula is C8H4F3IN3+. The Hall–Kier alpha value is -0.990. The van der Waals surface area contributed by atoms with Crippen LogP contribution in [0.25, 0.3) is 0 Å². The predicted octanol–water partition coefficient (Wildman–Crippen LogP) is 2.56. The number of hydrogen-bond donors (Lipinski definition) is 0. The van der Waals surface area contributed by atoms with Crippen LogP contribution in [0.1, 0.15) is 11.1 Å². The van der Waals surface area contributed by atoms with E-state index in [4.69, 9.17) is 0 Å². The Bertz CT molecular complexity index is 479. The summed E-state index contributed by atoms with van der Waals surface area (Å²) in [4.78, 5) is 3.68. The molecule has 1 aliphatic heterocycles. The van der Waals surface area contributed by atoms with E-state index >= 15 is 0 Å². The van der Waals surface area contributed by atoms with E-state index in [1.54, 1.807) is 0 Å². The molecule has 1 aromatic rings. The average Bonchev–Trinajstić information content (AvgIpc) is 2.41. The summed E-state index contributed by atoms with van der Waals surface area (Å²) in [7, 11) is 0. The van der Waals surface area contributed by atoms with Crippen molar-refractivity contribution in [3.63, 3.8) is 0 Å². The Labute approximate surface area is 96.5 Å². The smallest absolute Gasteiger partial charge is 0.166 e. The maximum absolute atomic E-state index is 12.4. The molecule has 2 heterocycles. The summed E-state index contributed by atoms with van der Waals surface area (Å²) in [5.74, 6) is 0.340. The largest absolute Gasteiger partial charge is 0.420 e. The van der Waals surface area contributed by atoms with Crippen molar-refractivity contribution >= 4 is 38.8 Å². The number of rotatable bonds is 0. The lowest BCUT2D eigenvalue weighted by Crippen LogP contribution is -2.07. The van der Waals surface area contributed by atoms with Gasteiger partial charge in [0.1, 0.15) is 11.1 Å². The van der Waals surface area contributed by atoms with Crippen LogP contribution in [-0.2, 0) is 6.18 Å². The van der Waals surface area contributed by atoms with Gasteiger partial charge in [0.2, 0.25) is 0 Å². The van der Waals surface area contributed by atoms with Gasteiger partial charge in [-0.15, -0.1) is 4.68 Å². The predicted molar refractivity (Wildman–Crippen MR) is 56.8 cm³/mol. The van der Waals surface area contributed by atoms with Crippen LogP contribution in [0.5, 0.6) is 0 Å². The van der Waals surface area contributed by atoms with Gasteiger partial charge in [0.05, 0.1) is 6.72 Å². The lowest BCUT2D eigenvalue weighted by molar-refractivity contribution is -0.435. The first-order valence-corrected chi connectivity index (χ1v) is 4.90. The molecule has 0 atom stereocenters. The highest BCUT2D eigenvalue weighted by Crippen LogP contribution is 2.33. The average molecular weight is 326 g/mol. The fraction of sp³-hybridized carbons (Fsp3) is 0.125. The first-order valence-electron chi connectivity index (χ1n) is 3.82. The molecule has 15 heavy (non-hydrogen) atoms. The van der Waals surface area contributed by atoms with Gasteiger partial charge in [-0.25, -0.2) is 0 Å². The van der Waals surface area contributed by atoms with E-state index in [0.29, 0.717) is 15.1 Å². The maximum Gasteiger partial charge on any atom is 0.420 e. The molecular weight excluding hydrogens is 322 g/mol. The Balaban J connectivity index is 2.58. The van der Waals surface area contributed by atoms with Crippen molar-refractivity contribution in [2.75, 3.05) is 0 Å². The molecule has 0 saturated heterocycles. The molecule has 78 valence electrons. The highest BCUT2D eigenvalue weighted by atomic mass is 127. The molecule has 7 heteroatoms. The van der Waals surface area contributed by atoms with Crippen molar-refractivity contribution in [1.82, 2.24) is 4.98 Å². The van der Waals surface area contributed by atoms with E-state index in [1.807, 2.05) is 22.6 Å². The number of hydrogen-bond acceptors (Lipinski definition) is 2. The van der Waals surface area contributed by atoms with Crippen LogP contribution in [0, 0.1) is 0 Å². The molecule has 0 bridgehead atoms. The van der Waals surface area contributed by atoms with Crippen molar-refractivity contribution in [2.24, 2.45) is 5.10 Å². The summed E-state index contributed by atoms with van der Waals surface area (Å²) in [6, 6.07) is 1.03. The summed E-state index contributed by atoms with van der Waals surface area (Å²) in [5.41, 5.74) is -0.415. The van der Waals surface area contributed by atoms with Gasteiger partial charge in [-0.05, 0) is 33.6 Å². The van der Waals surface area contributed by atoms with E-state index in [2.05, 4.69) is 16.8 Å². The third-order valence-electron chi connectivity index (χ3n) is 1.87. The lowest BCUT2D eigenvalue weighted by Gasteiger charge is -2.03. The zero-order valence-corrected chi connectivity index (χ0v) is 9.37. The Morgan fingerprint density at radius 1 is 1.40 bits per heavy atom. The summed E-state index contributed by atoms with van der Waals surface area (Å²) >= 11 is 1.84. The minimum Gasteiger partial charge on any atom is -0.166 e. The van der Waals surface area contributed by atoms with Crippen LogP contribution < -0.4 is 0 Å². The fourth-order valence-corrected chi connectivity index (χ4v) is 1.83. The monoisotopic (exact) mass is 326 g/mol. The van der Waals surface area contributed by atoms with Crippen LogP contribution in [-0.4, -0.2) is 20.1 Å². The summed E-state index contributed by atoms with van der Waals surface area (Å²) in [5, 5.41) is 3.88. The number of halogens is 4. The van der Waals surface area contributed by atoms with Gasteiger partial charge in [0.15, 0.2) is 9.92 Å². The summed E-state index contributed by atoms with van der Waals surface area (Å²) in [6.45, 7) is 3.52. The van der Waals surface area contributed by atoms with Gasteiger partial charge in [0, 0.05) is 0 Å². The number of pyridine rings is 1. The van der Waals surface area contributed by atoms with Crippen LogP contribution in [0.2, 0.25) is 0 Å². The van der Waals surface area contributed by atoms with Crippen LogP contribution in [0.4, 0.5) is 19.0 Å². The summed E-state index contributed by atoms with van der Waals surface area (Å²) in [6.07, 6.45) is -3.60. The van der Waals surface area contributed by atoms with Crippen LogP contribution in [0.3, 0.4) is 0 Å². The standard InChI is InChI=1S/C8H4F3IN3/c1-15-7-5(6(12)14-15)2-4(3-13-7)8(9,10)11/h2-3H,1H2/q+1. The normalized spacial score (nSPS) is 15.2. The molecule has 0 N–H and O–H groups in total. The first-order chi connectivity index (χ1) is 6.89. The zero-order valence-electron chi connectivity index (χ0n) is 7.22. The number of nitrogens with zero attached hydrogens (tertiary/aromatic N) is 3. The van der Waals surface area contributed by atoms with Gasteiger partial charge in [-0.3, -0.25) is 0 Å². The molecule has 0 radical (unpaired) electrons. The third kappa shape index (κ3) is 1.75. The quantitative estimate of drug-likeness (QED) is 0.532. The molecule has 2 rings (SSSR count). The number of hydrazone groups is 1. The van der Waals surface area contributed by atoms with Crippen molar-refractivity contribution in [1.29, 1.82) is 0 Å². The van der Waals surface area contributed by atoms with Crippen molar-refractivity contribution in [3.8, 4) is 0 Å². The number of fused-ring (bicyclic) bond motifs is 1. The van der Waals surface area contributed by atoms with Crippen molar-refractivity contribution < 1.29 is 17.9 Å². The molecule has 1 aromatic heterocycles. The summed E-state index contributed by atoms with van der Waals surface area (Å²) < 4.78 is 38.8. The van der Waals surface area contributed by atoms with Crippen molar-refractivity contribution in [3.05, 3.63) is 23.4 Å². The third-order valence-corrected chi connectivity index (χ3v) is 2.67. The Kier molecular flexibility index (Phi) is 2.28. The molecule has 0 amide bonds. The van der Waals surface area contributed by atoms with E-state index in [9.17, 15) is 13.2 Å². The first kappa shape index (κ1) is 10.5. The minimum absolute atomic E-state index is 0.340. The van der Waals surface area contributed by atoms with E-state index in [0.717, 1.165) is 12.3 Å². The molecule has 0 aromatic carbocycles. The van der Waals surface area contributed by atoms with Crippen LogP contribution >= 0.6 is 22.6 Å². The molecule has 0 spiro atoms. The lowest BCUT2D eigenvalue weighted by atomic mass is 10.2. The molecule has 0 unspecified atom stereocenters. The highest BCUT2D eigenvalue weighted by molar-refractivity contribution is 14.1. The van der Waals surface area contributed by atoms with Crippen LogP contribution in [0.15, 0.2) is 17.4 Å². The maximum atomic E-state index is 12.4. The zero-order chi connectivity index (χ0) is 11.2. The number of alkyl halides is 3.